The summed E-state index contributed by atoms with van der Waals surface area (Å²) in [5.74, 6) is 1.73. The molecule has 0 bridgehead atoms. The molecule has 2 atom stereocenters. The molecule has 0 heteroatoms. The van der Waals surface area contributed by atoms with Gasteiger partial charge in [0.05, 0.1) is 0 Å². The summed E-state index contributed by atoms with van der Waals surface area (Å²) in [5, 5.41) is 0. The normalized spacial score (nSPS) is 14.8. The van der Waals surface area contributed by atoms with Gasteiger partial charge in [-0.3, -0.25) is 0 Å². The maximum Gasteiger partial charge on any atom is -0.0326 e. The standard InChI is InChI=1S/C17H35/c1-5-8-11-14-17(13-10-7-3)15-16(4)12-9-6-2/h15-17H,5-14H2,1-4H3. The summed E-state index contributed by atoms with van der Waals surface area (Å²) in [6, 6.07) is 0. The van der Waals surface area contributed by atoms with E-state index >= 15 is 0 Å². The average Bonchev–Trinajstić information content (AvgIpc) is 2.33. The third-order valence-corrected chi connectivity index (χ3v) is 3.72. The van der Waals surface area contributed by atoms with Gasteiger partial charge in [0.15, 0.2) is 0 Å². The quantitative estimate of drug-likeness (QED) is 0.345. The predicted octanol–water partition coefficient (Wildman–Crippen LogP) is 6.40. The second kappa shape index (κ2) is 12.5. The minimum atomic E-state index is 0.832. The molecule has 0 fully saturated rings. The molecule has 17 heavy (non-hydrogen) atoms. The molecule has 2 unspecified atom stereocenters. The van der Waals surface area contributed by atoms with Crippen LogP contribution in [0, 0.1) is 18.3 Å². The van der Waals surface area contributed by atoms with Crippen molar-refractivity contribution in [1.29, 1.82) is 0 Å². The van der Waals surface area contributed by atoms with E-state index in [2.05, 4.69) is 34.1 Å². The van der Waals surface area contributed by atoms with Crippen molar-refractivity contribution in [2.75, 3.05) is 0 Å². The molecular weight excluding hydrogens is 204 g/mol. The largest absolute Gasteiger partial charge is 0.0654 e. The second-order valence-electron chi connectivity index (χ2n) is 5.71. The van der Waals surface area contributed by atoms with E-state index in [4.69, 9.17) is 0 Å². The highest BCUT2D eigenvalue weighted by molar-refractivity contribution is 4.81. The third kappa shape index (κ3) is 10.9. The molecule has 0 aliphatic rings. The molecule has 0 nitrogen and oxygen atoms in total. The summed E-state index contributed by atoms with van der Waals surface area (Å²) >= 11 is 0. The van der Waals surface area contributed by atoms with E-state index in [0.29, 0.717) is 0 Å². The van der Waals surface area contributed by atoms with Gasteiger partial charge in [-0.15, -0.1) is 0 Å². The van der Waals surface area contributed by atoms with Crippen molar-refractivity contribution in [3.05, 3.63) is 6.42 Å². The Labute approximate surface area is 111 Å². The molecule has 0 aliphatic carbocycles. The van der Waals surface area contributed by atoms with E-state index in [9.17, 15) is 0 Å². The summed E-state index contributed by atoms with van der Waals surface area (Å²) in [6.45, 7) is 9.31. The van der Waals surface area contributed by atoms with Crippen molar-refractivity contribution >= 4 is 0 Å². The Morgan fingerprint density at radius 3 is 1.82 bits per heavy atom. The monoisotopic (exact) mass is 239 g/mol. The van der Waals surface area contributed by atoms with E-state index in [1.165, 1.54) is 64.2 Å². The number of unbranched alkanes of at least 4 members (excludes halogenated alkanes) is 4. The van der Waals surface area contributed by atoms with Crippen LogP contribution in [0.5, 0.6) is 0 Å². The first-order valence-corrected chi connectivity index (χ1v) is 8.09. The highest BCUT2D eigenvalue weighted by atomic mass is 14.2. The van der Waals surface area contributed by atoms with Crippen molar-refractivity contribution < 1.29 is 0 Å². The predicted molar refractivity (Wildman–Crippen MR) is 80.1 cm³/mol. The zero-order valence-electron chi connectivity index (χ0n) is 12.8. The topological polar surface area (TPSA) is 0 Å². The molecule has 0 N–H and O–H groups in total. The first-order chi connectivity index (χ1) is 8.24. The summed E-state index contributed by atoms with van der Waals surface area (Å²) in [7, 11) is 0. The maximum absolute atomic E-state index is 2.67. The smallest absolute Gasteiger partial charge is 0.0326 e. The third-order valence-electron chi connectivity index (χ3n) is 3.72. The van der Waals surface area contributed by atoms with Crippen molar-refractivity contribution in [3.63, 3.8) is 0 Å². The molecule has 0 heterocycles. The van der Waals surface area contributed by atoms with Gasteiger partial charge >= 0.3 is 0 Å². The van der Waals surface area contributed by atoms with Gasteiger partial charge in [0.2, 0.25) is 0 Å². The van der Waals surface area contributed by atoms with E-state index in [-0.39, 0.29) is 0 Å². The van der Waals surface area contributed by atoms with Crippen LogP contribution in [0.2, 0.25) is 0 Å². The molecular formula is C17H35. The molecule has 0 aromatic carbocycles. The molecule has 0 spiro atoms. The fourth-order valence-electron chi connectivity index (χ4n) is 2.55. The number of hydrogen-bond acceptors (Lipinski definition) is 0. The minimum absolute atomic E-state index is 0.832. The molecule has 1 radical (unpaired) electrons. The Kier molecular flexibility index (Phi) is 12.5. The molecule has 0 aliphatic heterocycles. The van der Waals surface area contributed by atoms with Crippen LogP contribution in [0.1, 0.15) is 91.9 Å². The Bertz CT molecular complexity index is 139. The summed E-state index contributed by atoms with van der Waals surface area (Å²) < 4.78 is 0. The lowest BCUT2D eigenvalue weighted by Crippen LogP contribution is -2.08. The van der Waals surface area contributed by atoms with Gasteiger partial charge in [0.25, 0.3) is 0 Å². The van der Waals surface area contributed by atoms with E-state index in [0.717, 1.165) is 11.8 Å². The molecule has 0 amide bonds. The molecule has 0 saturated heterocycles. The highest BCUT2D eigenvalue weighted by Crippen LogP contribution is 2.25. The number of hydrogen-bond donors (Lipinski definition) is 0. The first kappa shape index (κ1) is 17.0. The Balaban J connectivity index is 3.81. The molecule has 0 rings (SSSR count). The molecule has 0 aromatic heterocycles. The van der Waals surface area contributed by atoms with Gasteiger partial charge < -0.3 is 0 Å². The van der Waals surface area contributed by atoms with Gasteiger partial charge in [-0.05, 0) is 18.3 Å². The summed E-state index contributed by atoms with van der Waals surface area (Å²) in [4.78, 5) is 0. The summed E-state index contributed by atoms with van der Waals surface area (Å²) in [5.41, 5.74) is 0. The van der Waals surface area contributed by atoms with Gasteiger partial charge in [-0.2, -0.15) is 0 Å². The zero-order chi connectivity index (χ0) is 12.9. The fraction of sp³-hybridized carbons (Fsp3) is 0.941. The van der Waals surface area contributed by atoms with Crippen molar-refractivity contribution in [2.24, 2.45) is 11.8 Å². The van der Waals surface area contributed by atoms with Gasteiger partial charge in [-0.1, -0.05) is 91.9 Å². The van der Waals surface area contributed by atoms with E-state index < -0.39 is 0 Å². The lowest BCUT2D eigenvalue weighted by molar-refractivity contribution is 0.408. The zero-order valence-corrected chi connectivity index (χ0v) is 12.8. The van der Waals surface area contributed by atoms with Gasteiger partial charge in [0.1, 0.15) is 0 Å². The average molecular weight is 239 g/mol. The Morgan fingerprint density at radius 1 is 0.706 bits per heavy atom. The Hall–Kier alpha value is 0. The van der Waals surface area contributed by atoms with Crippen molar-refractivity contribution in [2.45, 2.75) is 91.9 Å². The SMILES string of the molecule is CCCCCC([CH]C(C)CCCC)CCCC. The van der Waals surface area contributed by atoms with Crippen molar-refractivity contribution in [3.8, 4) is 0 Å². The van der Waals surface area contributed by atoms with Crippen molar-refractivity contribution in [1.82, 2.24) is 0 Å². The fourth-order valence-corrected chi connectivity index (χ4v) is 2.55. The van der Waals surface area contributed by atoms with E-state index in [1.54, 1.807) is 0 Å². The van der Waals surface area contributed by atoms with Crippen LogP contribution < -0.4 is 0 Å². The molecule has 0 saturated carbocycles. The first-order valence-electron chi connectivity index (χ1n) is 8.09. The van der Waals surface area contributed by atoms with Crippen LogP contribution in [-0.4, -0.2) is 0 Å². The van der Waals surface area contributed by atoms with Crippen LogP contribution >= 0.6 is 0 Å². The minimum Gasteiger partial charge on any atom is -0.0654 e. The van der Waals surface area contributed by atoms with Crippen LogP contribution in [-0.2, 0) is 0 Å². The van der Waals surface area contributed by atoms with Gasteiger partial charge in [0, 0.05) is 0 Å². The van der Waals surface area contributed by atoms with Crippen LogP contribution in [0.15, 0.2) is 0 Å². The number of rotatable bonds is 12. The summed E-state index contributed by atoms with van der Waals surface area (Å²) in [6.07, 6.45) is 16.6. The maximum atomic E-state index is 2.67. The van der Waals surface area contributed by atoms with E-state index in [1.807, 2.05) is 0 Å². The van der Waals surface area contributed by atoms with Crippen LogP contribution in [0.4, 0.5) is 0 Å². The highest BCUT2D eigenvalue weighted by Gasteiger charge is 2.12. The van der Waals surface area contributed by atoms with Crippen LogP contribution in [0.3, 0.4) is 0 Å². The lowest BCUT2D eigenvalue weighted by Gasteiger charge is -2.20. The lowest BCUT2D eigenvalue weighted by atomic mass is 9.85. The molecule has 0 aromatic rings. The van der Waals surface area contributed by atoms with Crippen LogP contribution in [0.25, 0.3) is 0 Å². The van der Waals surface area contributed by atoms with Gasteiger partial charge in [-0.25, -0.2) is 0 Å². The second-order valence-corrected chi connectivity index (χ2v) is 5.71. The molecule has 103 valence electrons. The Morgan fingerprint density at radius 2 is 1.24 bits per heavy atom.